The Morgan fingerprint density at radius 3 is 1.92 bits per heavy atom. The second kappa shape index (κ2) is 5.14. The predicted octanol–water partition coefficient (Wildman–Crippen LogP) is 1.96. The van der Waals surface area contributed by atoms with Crippen LogP contribution in [-0.4, -0.2) is 18.4 Å². The van der Waals surface area contributed by atoms with Crippen LogP contribution < -0.4 is 0 Å². The minimum atomic E-state index is -0.414. The SMILES string of the molecule is CC(=O)OC(OC(C)C)C(C)C. The third-order valence-corrected chi connectivity index (χ3v) is 1.23. The van der Waals surface area contributed by atoms with Gasteiger partial charge in [-0.1, -0.05) is 13.8 Å². The Hall–Kier alpha value is -0.570. The Balaban J connectivity index is 3.95. The van der Waals surface area contributed by atoms with Gasteiger partial charge in [0, 0.05) is 12.8 Å². The van der Waals surface area contributed by atoms with Crippen LogP contribution in [0.1, 0.15) is 34.6 Å². The molecule has 0 heterocycles. The van der Waals surface area contributed by atoms with Gasteiger partial charge in [-0.2, -0.15) is 0 Å². The number of rotatable bonds is 4. The smallest absolute Gasteiger partial charge is 0.304 e. The first-order valence-corrected chi connectivity index (χ1v) is 4.26. The second-order valence-electron chi connectivity index (χ2n) is 3.41. The Morgan fingerprint density at radius 2 is 1.67 bits per heavy atom. The van der Waals surface area contributed by atoms with Crippen molar-refractivity contribution in [3.63, 3.8) is 0 Å². The number of hydrogen-bond acceptors (Lipinski definition) is 3. The van der Waals surface area contributed by atoms with E-state index in [1.54, 1.807) is 0 Å². The van der Waals surface area contributed by atoms with Crippen LogP contribution in [0.15, 0.2) is 0 Å². The van der Waals surface area contributed by atoms with Crippen LogP contribution in [0.3, 0.4) is 0 Å². The summed E-state index contributed by atoms with van der Waals surface area (Å²) in [4.78, 5) is 10.6. The Morgan fingerprint density at radius 1 is 1.17 bits per heavy atom. The minimum absolute atomic E-state index is 0.0803. The lowest BCUT2D eigenvalue weighted by Crippen LogP contribution is -2.28. The fourth-order valence-corrected chi connectivity index (χ4v) is 0.753. The molecule has 0 saturated carbocycles. The van der Waals surface area contributed by atoms with Gasteiger partial charge in [0.25, 0.3) is 0 Å². The van der Waals surface area contributed by atoms with Gasteiger partial charge in [-0.05, 0) is 13.8 Å². The molecule has 0 amide bonds. The van der Waals surface area contributed by atoms with Crippen molar-refractivity contribution in [2.45, 2.75) is 47.0 Å². The van der Waals surface area contributed by atoms with Crippen molar-refractivity contribution in [2.75, 3.05) is 0 Å². The lowest BCUT2D eigenvalue weighted by Gasteiger charge is -2.22. The molecule has 0 radical (unpaired) electrons. The molecule has 0 fully saturated rings. The van der Waals surface area contributed by atoms with E-state index in [-0.39, 0.29) is 18.0 Å². The van der Waals surface area contributed by atoms with Crippen LogP contribution in [0, 0.1) is 5.92 Å². The molecular formula is C9H18O3. The molecule has 0 aliphatic rings. The van der Waals surface area contributed by atoms with Gasteiger partial charge in [-0.3, -0.25) is 4.79 Å². The lowest BCUT2D eigenvalue weighted by molar-refractivity contribution is -0.195. The van der Waals surface area contributed by atoms with Crippen molar-refractivity contribution in [1.29, 1.82) is 0 Å². The van der Waals surface area contributed by atoms with Crippen LogP contribution in [0.2, 0.25) is 0 Å². The molecule has 3 nitrogen and oxygen atoms in total. The zero-order chi connectivity index (χ0) is 9.72. The highest BCUT2D eigenvalue weighted by Crippen LogP contribution is 2.10. The van der Waals surface area contributed by atoms with Crippen molar-refractivity contribution < 1.29 is 14.3 Å². The van der Waals surface area contributed by atoms with E-state index in [1.165, 1.54) is 6.92 Å². The first-order chi connectivity index (χ1) is 5.43. The summed E-state index contributed by atoms with van der Waals surface area (Å²) in [5.74, 6) is -0.106. The minimum Gasteiger partial charge on any atom is -0.436 e. The fourth-order valence-electron chi connectivity index (χ4n) is 0.753. The van der Waals surface area contributed by atoms with Gasteiger partial charge in [0.15, 0.2) is 0 Å². The van der Waals surface area contributed by atoms with Gasteiger partial charge in [0.2, 0.25) is 6.29 Å². The molecule has 3 heteroatoms. The third-order valence-electron chi connectivity index (χ3n) is 1.23. The fraction of sp³-hybridized carbons (Fsp3) is 0.889. The molecule has 0 aromatic carbocycles. The molecule has 1 atom stereocenters. The quantitative estimate of drug-likeness (QED) is 0.482. The molecule has 1 unspecified atom stereocenters. The summed E-state index contributed by atoms with van der Waals surface area (Å²) in [7, 11) is 0. The first kappa shape index (κ1) is 11.4. The van der Waals surface area contributed by atoms with Crippen molar-refractivity contribution in [3.8, 4) is 0 Å². The number of hydrogen-bond donors (Lipinski definition) is 0. The standard InChI is InChI=1S/C9H18O3/c1-6(2)9(11-7(3)4)12-8(5)10/h6-7,9H,1-5H3. The molecule has 0 N–H and O–H groups in total. The Bertz CT molecular complexity index is 141. The van der Waals surface area contributed by atoms with Gasteiger partial charge >= 0.3 is 5.97 Å². The second-order valence-corrected chi connectivity index (χ2v) is 3.41. The molecule has 12 heavy (non-hydrogen) atoms. The maximum absolute atomic E-state index is 10.6. The summed E-state index contributed by atoms with van der Waals surface area (Å²) >= 11 is 0. The molecule has 0 spiro atoms. The first-order valence-electron chi connectivity index (χ1n) is 4.26. The van der Waals surface area contributed by atoms with E-state index < -0.39 is 6.29 Å². The van der Waals surface area contributed by atoms with Crippen LogP contribution in [0.25, 0.3) is 0 Å². The average Bonchev–Trinajstić information content (AvgIpc) is 1.83. The summed E-state index contributed by atoms with van der Waals surface area (Å²) in [5.41, 5.74) is 0. The van der Waals surface area contributed by atoms with Crippen LogP contribution in [0.4, 0.5) is 0 Å². The molecular weight excluding hydrogens is 156 g/mol. The summed E-state index contributed by atoms with van der Waals surface area (Å²) in [6.07, 6.45) is -0.334. The van der Waals surface area contributed by atoms with E-state index in [0.717, 1.165) is 0 Å². The molecule has 0 aromatic heterocycles. The predicted molar refractivity (Wildman–Crippen MR) is 46.6 cm³/mol. The Labute approximate surface area is 74.0 Å². The van der Waals surface area contributed by atoms with Gasteiger partial charge in [0.05, 0.1) is 6.10 Å². The van der Waals surface area contributed by atoms with E-state index in [1.807, 2.05) is 27.7 Å². The van der Waals surface area contributed by atoms with Crippen LogP contribution >= 0.6 is 0 Å². The summed E-state index contributed by atoms with van der Waals surface area (Å²) < 4.78 is 10.3. The van der Waals surface area contributed by atoms with Crippen molar-refractivity contribution in [3.05, 3.63) is 0 Å². The van der Waals surface area contributed by atoms with E-state index in [2.05, 4.69) is 0 Å². The topological polar surface area (TPSA) is 35.5 Å². The van der Waals surface area contributed by atoms with Gasteiger partial charge in [0.1, 0.15) is 0 Å². The highest BCUT2D eigenvalue weighted by molar-refractivity contribution is 5.66. The summed E-state index contributed by atoms with van der Waals surface area (Å²) in [6.45, 7) is 9.13. The zero-order valence-corrected chi connectivity index (χ0v) is 8.46. The van der Waals surface area contributed by atoms with Gasteiger partial charge in [-0.25, -0.2) is 0 Å². The molecule has 0 rings (SSSR count). The average molecular weight is 174 g/mol. The van der Waals surface area contributed by atoms with Crippen LogP contribution in [0.5, 0.6) is 0 Å². The monoisotopic (exact) mass is 174 g/mol. The van der Waals surface area contributed by atoms with E-state index in [4.69, 9.17) is 9.47 Å². The van der Waals surface area contributed by atoms with Gasteiger partial charge < -0.3 is 9.47 Å². The number of ether oxygens (including phenoxy) is 2. The van der Waals surface area contributed by atoms with Crippen molar-refractivity contribution >= 4 is 5.97 Å². The van der Waals surface area contributed by atoms with Crippen LogP contribution in [-0.2, 0) is 14.3 Å². The zero-order valence-electron chi connectivity index (χ0n) is 8.46. The molecule has 0 aromatic rings. The maximum Gasteiger partial charge on any atom is 0.304 e. The lowest BCUT2D eigenvalue weighted by atomic mass is 10.2. The highest BCUT2D eigenvalue weighted by atomic mass is 16.7. The van der Waals surface area contributed by atoms with Crippen molar-refractivity contribution in [1.82, 2.24) is 0 Å². The molecule has 0 aliphatic heterocycles. The maximum atomic E-state index is 10.6. The number of carbonyl (C=O) groups is 1. The summed E-state index contributed by atoms with van der Waals surface area (Å²) in [6, 6.07) is 0. The van der Waals surface area contributed by atoms with E-state index in [9.17, 15) is 4.79 Å². The molecule has 0 aliphatic carbocycles. The molecule has 72 valence electrons. The van der Waals surface area contributed by atoms with E-state index in [0.29, 0.717) is 0 Å². The highest BCUT2D eigenvalue weighted by Gasteiger charge is 2.17. The Kier molecular flexibility index (Phi) is 4.90. The normalized spacial score (nSPS) is 13.6. The largest absolute Gasteiger partial charge is 0.436 e. The molecule has 0 bridgehead atoms. The number of carbonyl (C=O) groups excluding carboxylic acids is 1. The van der Waals surface area contributed by atoms with Crippen molar-refractivity contribution in [2.24, 2.45) is 5.92 Å². The number of esters is 1. The summed E-state index contributed by atoms with van der Waals surface area (Å²) in [5, 5.41) is 0. The van der Waals surface area contributed by atoms with Gasteiger partial charge in [-0.15, -0.1) is 0 Å². The van der Waals surface area contributed by atoms with E-state index >= 15 is 0 Å². The third kappa shape index (κ3) is 5.13. The molecule has 0 saturated heterocycles.